The maximum atomic E-state index is 12.3. The lowest BCUT2D eigenvalue weighted by Gasteiger charge is -2.41. The molecule has 2 aliphatic rings. The molecule has 0 radical (unpaired) electrons. The Balaban J connectivity index is 2.02. The zero-order valence-corrected chi connectivity index (χ0v) is 33.3. The van der Waals surface area contributed by atoms with Crippen LogP contribution >= 0.6 is 0 Å². The first kappa shape index (κ1) is 47.5. The minimum absolute atomic E-state index is 0.0275. The van der Waals surface area contributed by atoms with Gasteiger partial charge in [0.2, 0.25) is 0 Å². The molecule has 1 saturated heterocycles. The standard InChI is InChI=1S/C44H66N2O9/c1-30(20-14-11-12-19-27-45)21-15-13-16-22-31(2)28-34(5)42(55-44-41(52)40(51)39(50)37(29-47)54-44)32(3)23-17-9-7-6-8-10-18-24-33(4)43(53)46-38-35(48)25-26-36(38)49/h6-11,14-15,17-18,21,23-24,28,30-32,37,39-42,44,47-48,50-52H,12-13,16,19-20,22,25-27,29,45H2,1-5H3,(H,46,53)/b8-6+,9-7+,14-11+,18-10+,21-15+,23-17+,33-24+,34-28+. The van der Waals surface area contributed by atoms with Gasteiger partial charge in [0.15, 0.2) is 12.1 Å². The summed E-state index contributed by atoms with van der Waals surface area (Å²) in [5.74, 6) is -0.273. The maximum Gasteiger partial charge on any atom is 0.251 e. The molecule has 11 nitrogen and oxygen atoms in total. The van der Waals surface area contributed by atoms with Crippen molar-refractivity contribution in [1.82, 2.24) is 5.32 Å². The van der Waals surface area contributed by atoms with Crippen LogP contribution in [0.5, 0.6) is 0 Å². The van der Waals surface area contributed by atoms with Crippen LogP contribution in [0.3, 0.4) is 0 Å². The Labute approximate surface area is 328 Å². The number of unbranched alkanes of at least 4 members (excludes halogenated alkanes) is 2. The van der Waals surface area contributed by atoms with Crippen molar-refractivity contribution in [3.05, 3.63) is 108 Å². The second-order valence-electron chi connectivity index (χ2n) is 14.6. The van der Waals surface area contributed by atoms with Crippen LogP contribution in [0.1, 0.15) is 86.0 Å². The Kier molecular flexibility index (Phi) is 22.6. The van der Waals surface area contributed by atoms with Gasteiger partial charge >= 0.3 is 0 Å². The van der Waals surface area contributed by atoms with Crippen LogP contribution < -0.4 is 11.1 Å². The first-order valence-electron chi connectivity index (χ1n) is 19.6. The summed E-state index contributed by atoms with van der Waals surface area (Å²) in [7, 11) is 0. The van der Waals surface area contributed by atoms with E-state index in [1.807, 2.05) is 44.2 Å². The Morgan fingerprint density at radius 3 is 2.22 bits per heavy atom. The smallest absolute Gasteiger partial charge is 0.251 e. The number of Topliss-reactive ketones (excluding diaryl/α,β-unsaturated/α-hetero) is 1. The highest BCUT2D eigenvalue weighted by Crippen LogP contribution is 2.28. The van der Waals surface area contributed by atoms with Gasteiger partial charge in [-0.2, -0.15) is 0 Å². The van der Waals surface area contributed by atoms with Gasteiger partial charge in [-0.05, 0) is 76.3 Å². The molecule has 0 bridgehead atoms. The molecule has 11 heteroatoms. The lowest BCUT2D eigenvalue weighted by atomic mass is 9.92. The van der Waals surface area contributed by atoms with Gasteiger partial charge in [-0.3, -0.25) is 9.59 Å². The molecule has 0 spiro atoms. The summed E-state index contributed by atoms with van der Waals surface area (Å²) in [5.41, 5.74) is 6.84. The van der Waals surface area contributed by atoms with Crippen LogP contribution in [0.2, 0.25) is 0 Å². The lowest BCUT2D eigenvalue weighted by molar-refractivity contribution is -0.310. The number of nitrogens with two attached hydrogens (primary N) is 1. The molecule has 2 rings (SSSR count). The van der Waals surface area contributed by atoms with Crippen molar-refractivity contribution in [2.24, 2.45) is 23.5 Å². The third kappa shape index (κ3) is 17.3. The molecule has 1 heterocycles. The number of ketones is 1. The van der Waals surface area contributed by atoms with Crippen molar-refractivity contribution in [2.75, 3.05) is 13.2 Å². The highest BCUT2D eigenvalue weighted by molar-refractivity contribution is 6.04. The lowest BCUT2D eigenvalue weighted by Crippen LogP contribution is -2.60. The van der Waals surface area contributed by atoms with Crippen LogP contribution in [0.4, 0.5) is 0 Å². The molecular weight excluding hydrogens is 700 g/mol. The minimum atomic E-state index is -1.54. The Morgan fingerprint density at radius 2 is 1.56 bits per heavy atom. The van der Waals surface area contributed by atoms with E-state index >= 15 is 0 Å². The van der Waals surface area contributed by atoms with Crippen molar-refractivity contribution in [3.8, 4) is 0 Å². The van der Waals surface area contributed by atoms with E-state index < -0.39 is 49.3 Å². The molecule has 0 aromatic carbocycles. The van der Waals surface area contributed by atoms with E-state index in [0.717, 1.165) is 50.6 Å². The average Bonchev–Trinajstić information content (AvgIpc) is 3.47. The van der Waals surface area contributed by atoms with Crippen LogP contribution in [-0.4, -0.2) is 87.2 Å². The van der Waals surface area contributed by atoms with Crippen molar-refractivity contribution < 1.29 is 44.6 Å². The maximum absolute atomic E-state index is 12.3. The summed E-state index contributed by atoms with van der Waals surface area (Å²) in [6, 6.07) is 0. The first-order chi connectivity index (χ1) is 26.3. The summed E-state index contributed by atoms with van der Waals surface area (Å²) < 4.78 is 12.0. The topological polar surface area (TPSA) is 192 Å². The minimum Gasteiger partial charge on any atom is -0.510 e. The summed E-state index contributed by atoms with van der Waals surface area (Å²) in [5, 5.41) is 53.3. The van der Waals surface area contributed by atoms with Crippen molar-refractivity contribution in [1.29, 1.82) is 0 Å². The molecule has 306 valence electrons. The summed E-state index contributed by atoms with van der Waals surface area (Å²) in [6.07, 6.45) is 26.4. The number of ether oxygens (including phenoxy) is 2. The molecule has 0 aromatic rings. The number of allylic oxidation sites excluding steroid dienone is 15. The molecule has 8 N–H and O–H groups in total. The number of amides is 1. The number of hydrogen-bond donors (Lipinski definition) is 7. The molecule has 0 aromatic heterocycles. The molecule has 55 heavy (non-hydrogen) atoms. The Morgan fingerprint density at radius 1 is 0.891 bits per heavy atom. The van der Waals surface area contributed by atoms with Gasteiger partial charge in [0.25, 0.3) is 5.91 Å². The molecule has 1 aliphatic carbocycles. The number of aliphatic hydroxyl groups is 5. The number of carbonyl (C=O) groups excluding carboxylic acids is 2. The fourth-order valence-electron chi connectivity index (χ4n) is 6.16. The number of aliphatic hydroxyl groups excluding tert-OH is 5. The second kappa shape index (κ2) is 26.2. The quantitative estimate of drug-likeness (QED) is 0.0287. The highest BCUT2D eigenvalue weighted by atomic mass is 16.7. The molecule has 1 amide bonds. The van der Waals surface area contributed by atoms with Crippen LogP contribution in [0.25, 0.3) is 0 Å². The predicted molar refractivity (Wildman–Crippen MR) is 217 cm³/mol. The van der Waals surface area contributed by atoms with E-state index in [1.54, 1.807) is 31.2 Å². The Bertz CT molecular complexity index is 1470. The van der Waals surface area contributed by atoms with E-state index in [2.05, 4.69) is 49.5 Å². The monoisotopic (exact) mass is 766 g/mol. The highest BCUT2D eigenvalue weighted by Gasteiger charge is 2.45. The predicted octanol–water partition coefficient (Wildman–Crippen LogP) is 5.86. The van der Waals surface area contributed by atoms with Gasteiger partial charge in [-0.15, -0.1) is 0 Å². The van der Waals surface area contributed by atoms with Crippen molar-refractivity contribution in [2.45, 2.75) is 123 Å². The van der Waals surface area contributed by atoms with Gasteiger partial charge in [-0.1, -0.05) is 106 Å². The number of hydrogen-bond acceptors (Lipinski definition) is 10. The zero-order valence-electron chi connectivity index (χ0n) is 33.3. The summed E-state index contributed by atoms with van der Waals surface area (Å²) in [6.45, 7) is 10.1. The third-order valence-electron chi connectivity index (χ3n) is 9.53. The number of rotatable bonds is 23. The number of nitrogens with one attached hydrogen (secondary N) is 1. The van der Waals surface area contributed by atoms with Gasteiger partial charge < -0.3 is 46.1 Å². The second-order valence-corrected chi connectivity index (χ2v) is 14.6. The molecular formula is C44H66N2O9. The Hall–Kier alpha value is -3.68. The molecule has 9 unspecified atom stereocenters. The van der Waals surface area contributed by atoms with Crippen LogP contribution in [-0.2, 0) is 19.1 Å². The molecule has 1 fully saturated rings. The third-order valence-corrected chi connectivity index (χ3v) is 9.53. The van der Waals surface area contributed by atoms with E-state index in [4.69, 9.17) is 15.2 Å². The SMILES string of the molecule is C\C(=C/C=C/C=C/C=C/C=C/C(C)C(OC1OC(CO)C(O)C(O)C1O)/C(C)=C/C(C)CCC/C=C/C(C)C/C=C/CCCN)C(=O)NC1=C(O)CCC1=O. The van der Waals surface area contributed by atoms with Crippen LogP contribution in [0.15, 0.2) is 108 Å². The summed E-state index contributed by atoms with van der Waals surface area (Å²) in [4.78, 5) is 24.1. The molecule has 0 saturated carbocycles. The normalized spacial score (nSPS) is 25.5. The van der Waals surface area contributed by atoms with Crippen molar-refractivity contribution >= 4 is 11.7 Å². The van der Waals surface area contributed by atoms with Gasteiger partial charge in [0, 0.05) is 24.3 Å². The first-order valence-corrected chi connectivity index (χ1v) is 19.6. The van der Waals surface area contributed by atoms with Crippen LogP contribution in [0, 0.1) is 17.8 Å². The van der Waals surface area contributed by atoms with E-state index in [1.165, 1.54) is 0 Å². The fourth-order valence-corrected chi connectivity index (χ4v) is 6.16. The largest absolute Gasteiger partial charge is 0.510 e. The molecule has 1 aliphatic heterocycles. The average molecular weight is 767 g/mol. The fraction of sp³-hybridized carbons (Fsp3) is 0.545. The van der Waals surface area contributed by atoms with Crippen molar-refractivity contribution in [3.63, 3.8) is 0 Å². The molecule has 9 atom stereocenters. The van der Waals surface area contributed by atoms with E-state index in [-0.39, 0.29) is 41.9 Å². The van der Waals surface area contributed by atoms with Gasteiger partial charge in [0.1, 0.15) is 35.9 Å². The van der Waals surface area contributed by atoms with Gasteiger partial charge in [0.05, 0.1) is 12.7 Å². The van der Waals surface area contributed by atoms with E-state index in [0.29, 0.717) is 11.5 Å². The zero-order chi connectivity index (χ0) is 40.8. The van der Waals surface area contributed by atoms with E-state index in [9.17, 15) is 35.1 Å². The van der Waals surface area contributed by atoms with Gasteiger partial charge in [-0.25, -0.2) is 0 Å². The number of carbonyl (C=O) groups is 2. The summed E-state index contributed by atoms with van der Waals surface area (Å²) >= 11 is 0.